The number of carbonyl (C=O) groups excluding carboxylic acids is 3. The fraction of sp³-hybridized carbons (Fsp3) is 0.586. The van der Waals surface area contributed by atoms with Gasteiger partial charge in [-0.25, -0.2) is 9.59 Å². The fourth-order valence-electron chi connectivity index (χ4n) is 5.69. The predicted octanol–water partition coefficient (Wildman–Crippen LogP) is 2.25. The maximum absolute atomic E-state index is 14.1. The molecule has 5 rings (SSSR count). The van der Waals surface area contributed by atoms with Crippen molar-refractivity contribution in [2.45, 2.75) is 95.0 Å². The number of nitrogens with one attached hydrogen (secondary N) is 2. The number of carboxylic acid groups (broad SMARTS) is 1. The molecule has 4 heterocycles. The van der Waals surface area contributed by atoms with E-state index in [1.807, 2.05) is 12.2 Å². The Bertz CT molecular complexity index is 1390. The number of pyridine rings is 1. The number of aliphatic carboxylic acids is 1. The first-order valence-electron chi connectivity index (χ1n) is 14.7. The van der Waals surface area contributed by atoms with Gasteiger partial charge in [0.1, 0.15) is 23.2 Å². The molecule has 3 N–H and O–H groups in total. The number of hydrogen-bond donors (Lipinski definition) is 3. The number of ether oxygens (including phenoxy) is 1. The van der Waals surface area contributed by atoms with E-state index in [4.69, 9.17) is 4.74 Å². The SMILES string of the molecule is CC(C)(C)OC(=O)N[C@H]1CCCCC/C=C\[C@@H]2C[C@@]2(C(=O)O)NC(=O)[C@@H]2C[C@@H](n3nnc(-c4ccncc4)n3)CN2C1=O. The second kappa shape index (κ2) is 12.1. The topological polar surface area (TPSA) is 182 Å². The van der Waals surface area contributed by atoms with Crippen molar-refractivity contribution in [3.8, 4) is 11.4 Å². The summed E-state index contributed by atoms with van der Waals surface area (Å²) in [5.74, 6) is -2.11. The molecule has 2 aromatic rings. The van der Waals surface area contributed by atoms with Gasteiger partial charge in [0.25, 0.3) is 0 Å². The van der Waals surface area contributed by atoms with E-state index in [1.165, 1.54) is 9.70 Å². The Kier molecular flexibility index (Phi) is 8.47. The van der Waals surface area contributed by atoms with E-state index in [1.54, 1.807) is 45.3 Å². The third kappa shape index (κ3) is 6.83. The number of aromatic nitrogens is 5. The van der Waals surface area contributed by atoms with E-state index >= 15 is 0 Å². The number of fused-ring (bicyclic) bond motifs is 2. The number of hydrogen-bond acceptors (Lipinski definition) is 9. The average molecular weight is 595 g/mol. The van der Waals surface area contributed by atoms with Crippen LogP contribution in [0.4, 0.5) is 4.79 Å². The minimum atomic E-state index is -1.42. The summed E-state index contributed by atoms with van der Waals surface area (Å²) in [5, 5.41) is 28.4. The standard InChI is InChI=1S/C29H38N8O6/c1-28(2,3)43-27(42)31-21-10-8-6-4-5-7-9-19-16-29(19,26(40)41)32-24(38)22-15-20(17-36(22)25(21)39)37-34-23(33-35-37)18-11-13-30-14-12-18/h7,9,11-14,19-22H,4-6,8,10,15-17H2,1-3H3,(H,31,42)(H,32,38)(H,40,41)/b9-7-/t19-,20-,21+,22+,29-/m1/s1. The molecule has 3 amide bonds. The Balaban J connectivity index is 1.44. The highest BCUT2D eigenvalue weighted by atomic mass is 16.6. The first-order chi connectivity index (χ1) is 20.5. The van der Waals surface area contributed by atoms with Crippen molar-refractivity contribution >= 4 is 23.9 Å². The number of amides is 3. The van der Waals surface area contributed by atoms with Crippen LogP contribution in [-0.2, 0) is 19.1 Å². The van der Waals surface area contributed by atoms with Gasteiger partial charge < -0.3 is 25.4 Å². The van der Waals surface area contributed by atoms with Crippen molar-refractivity contribution in [1.29, 1.82) is 0 Å². The van der Waals surface area contributed by atoms with Crippen LogP contribution in [0.2, 0.25) is 0 Å². The second-order valence-electron chi connectivity index (χ2n) is 12.4. The number of rotatable bonds is 4. The molecule has 43 heavy (non-hydrogen) atoms. The first kappa shape index (κ1) is 30.1. The molecular weight excluding hydrogens is 556 g/mol. The molecule has 0 unspecified atom stereocenters. The number of carboxylic acids is 1. The summed E-state index contributed by atoms with van der Waals surface area (Å²) >= 11 is 0. The van der Waals surface area contributed by atoms with Crippen LogP contribution in [0.5, 0.6) is 0 Å². The van der Waals surface area contributed by atoms with Crippen LogP contribution in [0.3, 0.4) is 0 Å². The lowest BCUT2D eigenvalue weighted by Gasteiger charge is -2.30. The molecule has 3 aliphatic rings. The Hall–Kier alpha value is -4.36. The van der Waals surface area contributed by atoms with Crippen LogP contribution >= 0.6 is 0 Å². The van der Waals surface area contributed by atoms with Crippen LogP contribution in [-0.4, -0.2) is 88.8 Å². The highest BCUT2D eigenvalue weighted by molar-refractivity contribution is 5.96. The van der Waals surface area contributed by atoms with E-state index in [0.29, 0.717) is 24.2 Å². The Morgan fingerprint density at radius 3 is 2.65 bits per heavy atom. The van der Waals surface area contributed by atoms with E-state index in [0.717, 1.165) is 19.3 Å². The number of allylic oxidation sites excluding steroid dienone is 1. The van der Waals surface area contributed by atoms with Crippen LogP contribution in [0, 0.1) is 5.92 Å². The monoisotopic (exact) mass is 594 g/mol. The molecule has 0 radical (unpaired) electrons. The quantitative estimate of drug-likeness (QED) is 0.444. The lowest BCUT2D eigenvalue weighted by Crippen LogP contribution is -2.56. The van der Waals surface area contributed by atoms with Crippen molar-refractivity contribution in [1.82, 2.24) is 40.7 Å². The summed E-state index contributed by atoms with van der Waals surface area (Å²) < 4.78 is 5.43. The molecule has 14 heteroatoms. The molecule has 230 valence electrons. The molecule has 14 nitrogen and oxygen atoms in total. The van der Waals surface area contributed by atoms with Crippen molar-refractivity contribution in [2.24, 2.45) is 5.92 Å². The largest absolute Gasteiger partial charge is 0.479 e. The summed E-state index contributed by atoms with van der Waals surface area (Å²) in [6, 6.07) is 1.02. The summed E-state index contributed by atoms with van der Waals surface area (Å²) in [4.78, 5) is 59.7. The van der Waals surface area contributed by atoms with Gasteiger partial charge in [-0.2, -0.15) is 4.80 Å². The fourth-order valence-corrected chi connectivity index (χ4v) is 5.69. The molecule has 2 aliphatic heterocycles. The van der Waals surface area contributed by atoms with Crippen molar-refractivity contribution < 1.29 is 29.0 Å². The van der Waals surface area contributed by atoms with Crippen LogP contribution in [0.1, 0.15) is 71.8 Å². The minimum Gasteiger partial charge on any atom is -0.479 e. The van der Waals surface area contributed by atoms with Gasteiger partial charge in [0, 0.05) is 36.8 Å². The highest BCUT2D eigenvalue weighted by Gasteiger charge is 2.61. The summed E-state index contributed by atoms with van der Waals surface area (Å²) in [6.07, 6.45) is 10.1. The number of tetrazole rings is 1. The molecule has 0 bridgehead atoms. The lowest BCUT2D eigenvalue weighted by atomic mass is 10.0. The van der Waals surface area contributed by atoms with Gasteiger partial charge in [0.05, 0.1) is 6.04 Å². The van der Waals surface area contributed by atoms with Gasteiger partial charge >= 0.3 is 12.1 Å². The maximum atomic E-state index is 14.1. The Morgan fingerprint density at radius 1 is 1.16 bits per heavy atom. The second-order valence-corrected chi connectivity index (χ2v) is 12.4. The van der Waals surface area contributed by atoms with Gasteiger partial charge in [0.15, 0.2) is 0 Å². The van der Waals surface area contributed by atoms with Gasteiger partial charge in [-0.1, -0.05) is 25.0 Å². The molecule has 0 aromatic carbocycles. The summed E-state index contributed by atoms with van der Waals surface area (Å²) in [5.41, 5.74) is -1.48. The van der Waals surface area contributed by atoms with Gasteiger partial charge in [0.2, 0.25) is 17.6 Å². The van der Waals surface area contributed by atoms with Crippen LogP contribution < -0.4 is 10.6 Å². The Labute approximate surface area is 249 Å². The summed E-state index contributed by atoms with van der Waals surface area (Å²) in [6.45, 7) is 5.27. The van der Waals surface area contributed by atoms with Crippen molar-refractivity contribution in [2.75, 3.05) is 6.54 Å². The van der Waals surface area contributed by atoms with Crippen molar-refractivity contribution in [3.63, 3.8) is 0 Å². The molecule has 1 aliphatic carbocycles. The van der Waals surface area contributed by atoms with E-state index < -0.39 is 53.1 Å². The third-order valence-corrected chi connectivity index (χ3v) is 8.02. The zero-order valence-electron chi connectivity index (χ0n) is 24.6. The van der Waals surface area contributed by atoms with Gasteiger partial charge in [-0.3, -0.25) is 14.6 Å². The Morgan fingerprint density at radius 2 is 1.93 bits per heavy atom. The van der Waals surface area contributed by atoms with Crippen molar-refractivity contribution in [3.05, 3.63) is 36.7 Å². The normalized spacial score (nSPS) is 28.9. The minimum absolute atomic E-state index is 0.0684. The average Bonchev–Trinajstić information content (AvgIpc) is 3.28. The number of alkyl carbamates (subject to hydrolysis) is 1. The first-order valence-corrected chi connectivity index (χ1v) is 14.7. The zero-order chi connectivity index (χ0) is 30.8. The maximum Gasteiger partial charge on any atom is 0.408 e. The van der Waals surface area contributed by atoms with E-state index in [9.17, 15) is 24.3 Å². The van der Waals surface area contributed by atoms with E-state index in [-0.39, 0.29) is 25.3 Å². The van der Waals surface area contributed by atoms with Crippen LogP contribution in [0.15, 0.2) is 36.7 Å². The molecule has 5 atom stereocenters. The number of nitrogens with zero attached hydrogens (tertiary/aromatic N) is 6. The molecule has 2 aromatic heterocycles. The van der Waals surface area contributed by atoms with E-state index in [2.05, 4.69) is 31.0 Å². The molecular formula is C29H38N8O6. The van der Waals surface area contributed by atoms with Crippen LogP contribution in [0.25, 0.3) is 11.4 Å². The predicted molar refractivity (Wildman–Crippen MR) is 152 cm³/mol. The third-order valence-electron chi connectivity index (χ3n) is 8.02. The van der Waals surface area contributed by atoms with Gasteiger partial charge in [-0.05, 0) is 63.8 Å². The number of carbonyl (C=O) groups is 4. The molecule has 1 saturated heterocycles. The lowest BCUT2D eigenvalue weighted by molar-refractivity contribution is -0.145. The highest BCUT2D eigenvalue weighted by Crippen LogP contribution is 2.45. The zero-order valence-corrected chi connectivity index (χ0v) is 24.6. The summed E-state index contributed by atoms with van der Waals surface area (Å²) in [7, 11) is 0. The molecule has 1 saturated carbocycles. The van der Waals surface area contributed by atoms with Gasteiger partial charge in [-0.15, -0.1) is 10.2 Å². The molecule has 0 spiro atoms. The smallest absolute Gasteiger partial charge is 0.408 e. The molecule has 2 fully saturated rings.